The lowest BCUT2D eigenvalue weighted by Gasteiger charge is -2.20. The molecule has 5 heteroatoms. The molecule has 0 fully saturated rings. The number of sulfonamides is 1. The third-order valence-corrected chi connectivity index (χ3v) is 5.50. The number of ketones is 1. The first-order valence-electron chi connectivity index (χ1n) is 8.18. The lowest BCUT2D eigenvalue weighted by atomic mass is 9.97. The summed E-state index contributed by atoms with van der Waals surface area (Å²) >= 11 is 0. The van der Waals surface area contributed by atoms with Crippen molar-refractivity contribution >= 4 is 15.8 Å². The first-order chi connectivity index (χ1) is 11.8. The number of nitrogens with one attached hydrogen (secondary N) is 1. The van der Waals surface area contributed by atoms with Gasteiger partial charge in [0.05, 0.1) is 10.9 Å². The van der Waals surface area contributed by atoms with Crippen LogP contribution in [-0.2, 0) is 21.2 Å². The number of carbonyl (C=O) groups excluding carboxylic acids is 1. The Morgan fingerprint density at radius 1 is 1.08 bits per heavy atom. The van der Waals surface area contributed by atoms with Crippen molar-refractivity contribution in [2.45, 2.75) is 37.6 Å². The van der Waals surface area contributed by atoms with E-state index in [2.05, 4.69) is 11.3 Å². The molecule has 1 atom stereocenters. The van der Waals surface area contributed by atoms with Crippen molar-refractivity contribution in [2.24, 2.45) is 0 Å². The van der Waals surface area contributed by atoms with Crippen LogP contribution in [0.2, 0.25) is 0 Å². The molecular formula is C20H23NO3S. The SMILES string of the molecule is C=C(C(=O)CC)C(Cc1ccccc1)NS(=O)(=O)c1ccc(C)cc1. The highest BCUT2D eigenvalue weighted by Gasteiger charge is 2.25. The lowest BCUT2D eigenvalue weighted by molar-refractivity contribution is -0.115. The highest BCUT2D eigenvalue weighted by atomic mass is 32.2. The molecule has 0 saturated carbocycles. The highest BCUT2D eigenvalue weighted by Crippen LogP contribution is 2.16. The van der Waals surface area contributed by atoms with Gasteiger partial charge in [0.2, 0.25) is 10.0 Å². The van der Waals surface area contributed by atoms with Crippen LogP contribution in [-0.4, -0.2) is 20.2 Å². The van der Waals surface area contributed by atoms with Gasteiger partial charge in [0, 0.05) is 12.0 Å². The Labute approximate surface area is 149 Å². The summed E-state index contributed by atoms with van der Waals surface area (Å²) in [5.74, 6) is -0.146. The fraction of sp³-hybridized carbons (Fsp3) is 0.250. The van der Waals surface area contributed by atoms with Crippen molar-refractivity contribution in [3.63, 3.8) is 0 Å². The van der Waals surface area contributed by atoms with Crippen LogP contribution in [0.1, 0.15) is 24.5 Å². The normalized spacial score (nSPS) is 12.6. The second kappa shape index (κ2) is 8.23. The second-order valence-electron chi connectivity index (χ2n) is 5.98. The molecule has 0 radical (unpaired) electrons. The molecule has 0 spiro atoms. The van der Waals surface area contributed by atoms with E-state index >= 15 is 0 Å². The number of hydrogen-bond donors (Lipinski definition) is 1. The van der Waals surface area contributed by atoms with Crippen LogP contribution in [0.25, 0.3) is 0 Å². The predicted octanol–water partition coefficient (Wildman–Crippen LogP) is 3.42. The standard InChI is InChI=1S/C20H23NO3S/c1-4-20(22)16(3)19(14-17-8-6-5-7-9-17)21-25(23,24)18-12-10-15(2)11-13-18/h5-13,19,21H,3-4,14H2,1-2H3. The average Bonchev–Trinajstić information content (AvgIpc) is 2.61. The minimum absolute atomic E-state index is 0.146. The monoisotopic (exact) mass is 357 g/mol. The Bertz CT molecular complexity index is 840. The number of carbonyl (C=O) groups is 1. The minimum atomic E-state index is -3.75. The van der Waals surface area contributed by atoms with E-state index in [0.29, 0.717) is 6.42 Å². The van der Waals surface area contributed by atoms with Crippen LogP contribution < -0.4 is 4.72 Å². The van der Waals surface area contributed by atoms with Crippen molar-refractivity contribution < 1.29 is 13.2 Å². The molecule has 1 unspecified atom stereocenters. The molecule has 0 heterocycles. The number of hydrogen-bond acceptors (Lipinski definition) is 3. The number of benzene rings is 2. The average molecular weight is 357 g/mol. The maximum Gasteiger partial charge on any atom is 0.241 e. The van der Waals surface area contributed by atoms with E-state index in [1.54, 1.807) is 31.2 Å². The molecule has 2 aromatic rings. The first-order valence-corrected chi connectivity index (χ1v) is 9.66. The van der Waals surface area contributed by atoms with Gasteiger partial charge in [-0.25, -0.2) is 13.1 Å². The fourth-order valence-corrected chi connectivity index (χ4v) is 3.71. The maximum absolute atomic E-state index is 12.7. The summed E-state index contributed by atoms with van der Waals surface area (Å²) in [7, 11) is -3.75. The number of aryl methyl sites for hydroxylation is 1. The second-order valence-corrected chi connectivity index (χ2v) is 7.69. The number of Topliss-reactive ketones (excluding diaryl/α,β-unsaturated/α-hetero) is 1. The zero-order valence-corrected chi connectivity index (χ0v) is 15.3. The molecule has 25 heavy (non-hydrogen) atoms. The summed E-state index contributed by atoms with van der Waals surface area (Å²) in [5, 5.41) is 0. The molecule has 2 aromatic carbocycles. The van der Waals surface area contributed by atoms with Gasteiger partial charge in [0.15, 0.2) is 5.78 Å². The Morgan fingerprint density at radius 3 is 2.24 bits per heavy atom. The van der Waals surface area contributed by atoms with Gasteiger partial charge in [-0.15, -0.1) is 0 Å². The molecule has 0 aromatic heterocycles. The lowest BCUT2D eigenvalue weighted by Crippen LogP contribution is -2.39. The van der Waals surface area contributed by atoms with E-state index in [1.165, 1.54) is 0 Å². The van der Waals surface area contributed by atoms with E-state index in [-0.39, 0.29) is 22.7 Å². The fourth-order valence-electron chi connectivity index (χ4n) is 2.48. The van der Waals surface area contributed by atoms with Gasteiger partial charge < -0.3 is 0 Å². The largest absolute Gasteiger partial charge is 0.295 e. The Hall–Kier alpha value is -2.24. The van der Waals surface area contributed by atoms with Crippen LogP contribution in [0.15, 0.2) is 71.6 Å². The summed E-state index contributed by atoms with van der Waals surface area (Å²) in [6, 6.07) is 15.4. The van der Waals surface area contributed by atoms with Gasteiger partial charge >= 0.3 is 0 Å². The van der Waals surface area contributed by atoms with Gasteiger partial charge in [-0.2, -0.15) is 0 Å². The predicted molar refractivity (Wildman–Crippen MR) is 99.9 cm³/mol. The molecule has 4 nitrogen and oxygen atoms in total. The minimum Gasteiger partial charge on any atom is -0.295 e. The number of rotatable bonds is 8. The van der Waals surface area contributed by atoms with Gasteiger partial charge in [-0.1, -0.05) is 61.5 Å². The van der Waals surface area contributed by atoms with Crippen molar-refractivity contribution in [1.29, 1.82) is 0 Å². The third-order valence-electron chi connectivity index (χ3n) is 4.01. The summed E-state index contributed by atoms with van der Waals surface area (Å²) in [6.45, 7) is 7.47. The van der Waals surface area contributed by atoms with Gasteiger partial charge in [-0.3, -0.25) is 4.79 Å². The Balaban J connectivity index is 2.30. The van der Waals surface area contributed by atoms with E-state index in [1.807, 2.05) is 37.3 Å². The molecule has 0 bridgehead atoms. The van der Waals surface area contributed by atoms with Crippen molar-refractivity contribution in [2.75, 3.05) is 0 Å². The molecule has 0 aliphatic heterocycles. The third kappa shape index (κ3) is 5.11. The highest BCUT2D eigenvalue weighted by molar-refractivity contribution is 7.89. The van der Waals surface area contributed by atoms with Gasteiger partial charge in [0.25, 0.3) is 0 Å². The van der Waals surface area contributed by atoms with Crippen LogP contribution in [0.3, 0.4) is 0 Å². The molecule has 1 N–H and O–H groups in total. The van der Waals surface area contributed by atoms with Gasteiger partial charge in [-0.05, 0) is 31.0 Å². The quantitative estimate of drug-likeness (QED) is 0.736. The zero-order chi connectivity index (χ0) is 18.4. The Morgan fingerprint density at radius 2 is 1.68 bits per heavy atom. The van der Waals surface area contributed by atoms with Crippen LogP contribution >= 0.6 is 0 Å². The van der Waals surface area contributed by atoms with E-state index in [0.717, 1.165) is 11.1 Å². The van der Waals surface area contributed by atoms with Crippen LogP contribution in [0.4, 0.5) is 0 Å². The molecule has 2 rings (SSSR count). The first kappa shape index (κ1) is 19.1. The summed E-state index contributed by atoms with van der Waals surface area (Å²) in [4.78, 5) is 12.3. The van der Waals surface area contributed by atoms with Gasteiger partial charge in [0.1, 0.15) is 0 Å². The summed E-state index contributed by atoms with van der Waals surface area (Å²) < 4.78 is 28.0. The molecule has 132 valence electrons. The topological polar surface area (TPSA) is 63.2 Å². The Kier molecular flexibility index (Phi) is 6.28. The van der Waals surface area contributed by atoms with Crippen molar-refractivity contribution in [1.82, 2.24) is 4.72 Å². The van der Waals surface area contributed by atoms with Crippen molar-refractivity contribution in [3.8, 4) is 0 Å². The molecule has 0 aliphatic carbocycles. The van der Waals surface area contributed by atoms with E-state index in [9.17, 15) is 13.2 Å². The van der Waals surface area contributed by atoms with E-state index in [4.69, 9.17) is 0 Å². The molecule has 0 amide bonds. The molecular weight excluding hydrogens is 334 g/mol. The van der Waals surface area contributed by atoms with Crippen LogP contribution in [0.5, 0.6) is 0 Å². The summed E-state index contributed by atoms with van der Waals surface area (Å²) in [6.07, 6.45) is 0.660. The van der Waals surface area contributed by atoms with E-state index < -0.39 is 16.1 Å². The smallest absolute Gasteiger partial charge is 0.241 e. The van der Waals surface area contributed by atoms with Crippen LogP contribution in [0, 0.1) is 6.92 Å². The molecule has 0 aliphatic rings. The maximum atomic E-state index is 12.7. The zero-order valence-electron chi connectivity index (χ0n) is 14.5. The molecule has 0 saturated heterocycles. The van der Waals surface area contributed by atoms with Crippen molar-refractivity contribution in [3.05, 3.63) is 77.9 Å². The summed E-state index contributed by atoms with van der Waals surface area (Å²) in [5.41, 5.74) is 2.19.